The highest BCUT2D eigenvalue weighted by Gasteiger charge is 2.23. The summed E-state index contributed by atoms with van der Waals surface area (Å²) < 4.78 is 11.6. The van der Waals surface area contributed by atoms with E-state index in [0.29, 0.717) is 0 Å². The zero-order valence-electron chi connectivity index (χ0n) is 10.00. The van der Waals surface area contributed by atoms with Crippen LogP contribution in [0.3, 0.4) is 0 Å². The molecule has 1 N–H and O–H groups in total. The Balaban J connectivity index is 2.73. The number of benzene rings is 1. The summed E-state index contributed by atoms with van der Waals surface area (Å²) in [4.78, 5) is 13.5. The zero-order chi connectivity index (χ0) is 12.8. The summed E-state index contributed by atoms with van der Waals surface area (Å²) in [6, 6.07) is 9.19. The Hall–Kier alpha value is -1.20. The van der Waals surface area contributed by atoms with Gasteiger partial charge in [-0.05, 0) is 19.1 Å². The first-order chi connectivity index (χ1) is 8.07. The van der Waals surface area contributed by atoms with Crippen molar-refractivity contribution in [3.05, 3.63) is 30.3 Å². The fraction of sp³-hybridized carbons (Fsp3) is 0.417. The van der Waals surface area contributed by atoms with Gasteiger partial charge in [0.1, 0.15) is 5.25 Å². The van der Waals surface area contributed by atoms with Crippen LogP contribution in [0.25, 0.3) is 0 Å². The Morgan fingerprint density at radius 3 is 2.53 bits per heavy atom. The van der Waals surface area contributed by atoms with E-state index in [-0.39, 0.29) is 18.3 Å². The average molecular weight is 255 g/mol. The highest BCUT2D eigenvalue weighted by atomic mass is 32.2. The van der Waals surface area contributed by atoms with E-state index in [9.17, 15) is 9.00 Å². The summed E-state index contributed by atoms with van der Waals surface area (Å²) in [7, 11) is 0.327. The molecule has 0 saturated carbocycles. The minimum Gasteiger partial charge on any atom is -0.395 e. The molecular weight excluding hydrogens is 238 g/mol. The topological polar surface area (TPSA) is 57.6 Å². The SMILES string of the molecule is C[C@H](C(=O)N(C)c1ccccc1)[S@@](=O)CCO. The number of aliphatic hydroxyl groups is 1. The zero-order valence-corrected chi connectivity index (χ0v) is 10.8. The number of anilines is 1. The van der Waals surface area contributed by atoms with Gasteiger partial charge in [0.05, 0.1) is 6.61 Å². The molecule has 94 valence electrons. The summed E-state index contributed by atoms with van der Waals surface area (Å²) >= 11 is 0. The van der Waals surface area contributed by atoms with Crippen LogP contribution in [0.5, 0.6) is 0 Å². The van der Waals surface area contributed by atoms with Crippen LogP contribution in [-0.4, -0.2) is 39.9 Å². The van der Waals surface area contributed by atoms with Crippen molar-refractivity contribution in [2.24, 2.45) is 0 Å². The Bertz CT molecular complexity index is 394. The largest absolute Gasteiger partial charge is 0.395 e. The predicted molar refractivity (Wildman–Crippen MR) is 69.4 cm³/mol. The summed E-state index contributed by atoms with van der Waals surface area (Å²) in [5.74, 6) is -0.0711. The third kappa shape index (κ3) is 3.64. The van der Waals surface area contributed by atoms with Crippen LogP contribution in [0.15, 0.2) is 30.3 Å². The Kier molecular flexibility index (Phi) is 5.31. The maximum atomic E-state index is 12.0. The van der Waals surface area contributed by atoms with Gasteiger partial charge >= 0.3 is 0 Å². The third-order valence-corrected chi connectivity index (χ3v) is 4.08. The minimum absolute atomic E-state index is 0.134. The van der Waals surface area contributed by atoms with Crippen LogP contribution in [0.4, 0.5) is 5.69 Å². The van der Waals surface area contributed by atoms with Crippen molar-refractivity contribution >= 4 is 22.4 Å². The molecule has 1 aromatic rings. The van der Waals surface area contributed by atoms with Crippen molar-refractivity contribution in [3.8, 4) is 0 Å². The second-order valence-corrected chi connectivity index (χ2v) is 5.56. The van der Waals surface area contributed by atoms with E-state index in [4.69, 9.17) is 5.11 Å². The molecule has 0 unspecified atom stereocenters. The van der Waals surface area contributed by atoms with E-state index in [1.807, 2.05) is 30.3 Å². The van der Waals surface area contributed by atoms with Gasteiger partial charge in [-0.3, -0.25) is 9.00 Å². The second-order valence-electron chi connectivity index (χ2n) is 3.68. The highest BCUT2D eigenvalue weighted by molar-refractivity contribution is 7.86. The highest BCUT2D eigenvalue weighted by Crippen LogP contribution is 2.13. The van der Waals surface area contributed by atoms with Gasteiger partial charge in [-0.15, -0.1) is 0 Å². The van der Waals surface area contributed by atoms with Gasteiger partial charge in [-0.1, -0.05) is 18.2 Å². The van der Waals surface area contributed by atoms with Gasteiger partial charge in [0.25, 0.3) is 0 Å². The molecule has 0 fully saturated rings. The first kappa shape index (κ1) is 13.9. The fourth-order valence-corrected chi connectivity index (χ4v) is 2.35. The van der Waals surface area contributed by atoms with Crippen LogP contribution < -0.4 is 4.90 Å². The molecule has 0 heterocycles. The number of aliphatic hydroxyl groups excluding tert-OH is 1. The average Bonchev–Trinajstić information content (AvgIpc) is 2.37. The number of carbonyl (C=O) groups excluding carboxylic acids is 1. The van der Waals surface area contributed by atoms with Gasteiger partial charge in [0.15, 0.2) is 0 Å². The van der Waals surface area contributed by atoms with Crippen molar-refractivity contribution < 1.29 is 14.1 Å². The first-order valence-corrected chi connectivity index (χ1v) is 6.76. The van der Waals surface area contributed by atoms with Crippen LogP contribution in [0.1, 0.15) is 6.92 Å². The molecule has 0 aliphatic heterocycles. The molecule has 17 heavy (non-hydrogen) atoms. The Labute approximate surface area is 104 Å². The summed E-state index contributed by atoms with van der Waals surface area (Å²) in [5, 5.41) is 8.10. The number of hydrogen-bond donors (Lipinski definition) is 1. The van der Waals surface area contributed by atoms with Gasteiger partial charge in [0, 0.05) is 29.3 Å². The molecule has 0 radical (unpaired) electrons. The number of rotatable bonds is 5. The normalized spacial score (nSPS) is 14.1. The standard InChI is InChI=1S/C12H17NO3S/c1-10(17(16)9-8-14)12(15)13(2)11-6-4-3-5-7-11/h3-7,10,14H,8-9H2,1-2H3/t10-,17+/m1/s1. The van der Waals surface area contributed by atoms with Crippen molar-refractivity contribution in [1.82, 2.24) is 0 Å². The molecule has 1 amide bonds. The number of para-hydroxylation sites is 1. The van der Waals surface area contributed by atoms with Crippen molar-refractivity contribution in [2.45, 2.75) is 12.2 Å². The van der Waals surface area contributed by atoms with Gasteiger partial charge in [-0.2, -0.15) is 0 Å². The number of carbonyl (C=O) groups is 1. The van der Waals surface area contributed by atoms with Crippen molar-refractivity contribution in [3.63, 3.8) is 0 Å². The smallest absolute Gasteiger partial charge is 0.242 e. The Morgan fingerprint density at radius 2 is 2.00 bits per heavy atom. The van der Waals surface area contributed by atoms with Gasteiger partial charge < -0.3 is 10.0 Å². The molecule has 2 atom stereocenters. The van der Waals surface area contributed by atoms with Crippen LogP contribution in [0.2, 0.25) is 0 Å². The van der Waals surface area contributed by atoms with Crippen LogP contribution in [-0.2, 0) is 15.6 Å². The van der Waals surface area contributed by atoms with Gasteiger partial charge in [-0.25, -0.2) is 0 Å². The minimum atomic E-state index is -1.33. The van der Waals surface area contributed by atoms with E-state index in [1.54, 1.807) is 14.0 Å². The molecule has 0 bridgehead atoms. The van der Waals surface area contributed by atoms with E-state index in [2.05, 4.69) is 0 Å². The number of nitrogens with zero attached hydrogens (tertiary/aromatic N) is 1. The number of hydrogen-bond acceptors (Lipinski definition) is 3. The lowest BCUT2D eigenvalue weighted by molar-refractivity contribution is -0.117. The van der Waals surface area contributed by atoms with Crippen molar-refractivity contribution in [2.75, 3.05) is 24.3 Å². The first-order valence-electron chi connectivity index (χ1n) is 5.38. The molecule has 0 aromatic heterocycles. The fourth-order valence-electron chi connectivity index (χ4n) is 1.43. The Morgan fingerprint density at radius 1 is 1.41 bits per heavy atom. The van der Waals surface area contributed by atoms with Gasteiger partial charge in [0.2, 0.25) is 5.91 Å². The van der Waals surface area contributed by atoms with Crippen LogP contribution in [0, 0.1) is 0 Å². The molecule has 5 heteroatoms. The van der Waals surface area contributed by atoms with E-state index in [1.165, 1.54) is 4.90 Å². The molecule has 4 nitrogen and oxygen atoms in total. The summed E-state index contributed by atoms with van der Waals surface area (Å²) in [6.07, 6.45) is 0. The van der Waals surface area contributed by atoms with E-state index in [0.717, 1.165) is 5.69 Å². The lowest BCUT2D eigenvalue weighted by atomic mass is 10.3. The van der Waals surface area contributed by atoms with Crippen LogP contribution >= 0.6 is 0 Å². The molecule has 0 spiro atoms. The molecule has 0 aliphatic rings. The maximum absolute atomic E-state index is 12.0. The summed E-state index contributed by atoms with van der Waals surface area (Å²) in [6.45, 7) is 1.45. The second kappa shape index (κ2) is 6.51. The molecular formula is C12H17NO3S. The molecule has 0 aliphatic carbocycles. The molecule has 1 aromatic carbocycles. The molecule has 0 saturated heterocycles. The van der Waals surface area contributed by atoms with E-state index >= 15 is 0 Å². The monoisotopic (exact) mass is 255 g/mol. The van der Waals surface area contributed by atoms with Crippen molar-refractivity contribution in [1.29, 1.82) is 0 Å². The third-order valence-electron chi connectivity index (χ3n) is 2.51. The predicted octanol–water partition coefficient (Wildman–Crippen LogP) is 0.779. The lowest BCUT2D eigenvalue weighted by Crippen LogP contribution is -2.38. The molecule has 1 rings (SSSR count). The number of amides is 1. The summed E-state index contributed by atoms with van der Waals surface area (Å²) in [5.41, 5.74) is 0.769. The maximum Gasteiger partial charge on any atom is 0.242 e. The lowest BCUT2D eigenvalue weighted by Gasteiger charge is -2.20. The van der Waals surface area contributed by atoms with E-state index < -0.39 is 16.0 Å². The quantitative estimate of drug-likeness (QED) is 0.846.